The smallest absolute Gasteiger partial charge is 0.00955 e. The van der Waals surface area contributed by atoms with E-state index in [0.29, 0.717) is 0 Å². The molecular weight excluding hydrogens is 220 g/mol. The third kappa shape index (κ3) is 4.55. The Morgan fingerprint density at radius 3 is 2.11 bits per heavy atom. The summed E-state index contributed by atoms with van der Waals surface area (Å²) in [5.74, 6) is 1.82. The maximum Gasteiger partial charge on any atom is 0.00955 e. The van der Waals surface area contributed by atoms with Crippen molar-refractivity contribution in [1.29, 1.82) is 0 Å². The first-order chi connectivity index (χ1) is 8.39. The average molecular weight is 254 g/mol. The largest absolute Gasteiger partial charge is 0.330 e. The second-order valence-corrected chi connectivity index (χ2v) is 7.24. The van der Waals surface area contributed by atoms with Crippen molar-refractivity contribution in [3.05, 3.63) is 0 Å². The lowest BCUT2D eigenvalue weighted by molar-refractivity contribution is 0.0920. The highest BCUT2D eigenvalue weighted by atomic mass is 15.2. The molecule has 108 valence electrons. The Morgan fingerprint density at radius 1 is 1.17 bits per heavy atom. The number of hydrogen-bond donors (Lipinski definition) is 1. The molecule has 2 N–H and O–H groups in total. The first kappa shape index (κ1) is 16.0. The van der Waals surface area contributed by atoms with Gasteiger partial charge in [-0.15, -0.1) is 0 Å². The molecule has 2 heteroatoms. The molecule has 0 spiro atoms. The van der Waals surface area contributed by atoms with E-state index in [1.54, 1.807) is 0 Å². The van der Waals surface area contributed by atoms with Crippen molar-refractivity contribution in [2.24, 2.45) is 23.0 Å². The fourth-order valence-electron chi connectivity index (χ4n) is 3.25. The Kier molecular flexibility index (Phi) is 6.13. The maximum atomic E-state index is 5.87. The summed E-state index contributed by atoms with van der Waals surface area (Å²) in [5.41, 5.74) is 6.13. The van der Waals surface area contributed by atoms with Gasteiger partial charge in [0.2, 0.25) is 0 Å². The van der Waals surface area contributed by atoms with Crippen LogP contribution in [0, 0.1) is 17.3 Å². The number of nitrogens with two attached hydrogens (primary N) is 1. The Hall–Kier alpha value is -0.0800. The number of rotatable bonds is 6. The molecule has 0 heterocycles. The minimum absolute atomic E-state index is 0.255. The van der Waals surface area contributed by atoms with E-state index in [2.05, 4.69) is 39.5 Å². The molecule has 0 unspecified atom stereocenters. The SMILES string of the molecule is CCN(CC(C)(C)CN)C1CCC(C(C)C)CC1. The second-order valence-electron chi connectivity index (χ2n) is 7.24. The summed E-state index contributed by atoms with van der Waals surface area (Å²) in [6.07, 6.45) is 5.61. The molecule has 0 atom stereocenters. The summed E-state index contributed by atoms with van der Waals surface area (Å²) >= 11 is 0. The third-order valence-corrected chi connectivity index (χ3v) is 4.79. The Balaban J connectivity index is 2.48. The van der Waals surface area contributed by atoms with Crippen LogP contribution >= 0.6 is 0 Å². The maximum absolute atomic E-state index is 5.87. The van der Waals surface area contributed by atoms with E-state index < -0.39 is 0 Å². The molecular formula is C16H34N2. The van der Waals surface area contributed by atoms with E-state index in [4.69, 9.17) is 5.73 Å². The summed E-state index contributed by atoms with van der Waals surface area (Å²) < 4.78 is 0. The van der Waals surface area contributed by atoms with Crippen LogP contribution in [0.3, 0.4) is 0 Å². The van der Waals surface area contributed by atoms with Gasteiger partial charge in [-0.05, 0) is 56.0 Å². The lowest BCUT2D eigenvalue weighted by Crippen LogP contribution is -2.45. The van der Waals surface area contributed by atoms with Crippen molar-refractivity contribution in [2.75, 3.05) is 19.6 Å². The molecule has 0 aromatic carbocycles. The first-order valence-corrected chi connectivity index (χ1v) is 7.83. The van der Waals surface area contributed by atoms with E-state index in [1.165, 1.54) is 32.2 Å². The van der Waals surface area contributed by atoms with Gasteiger partial charge in [0.25, 0.3) is 0 Å². The normalized spacial score (nSPS) is 26.0. The minimum atomic E-state index is 0.255. The highest BCUT2D eigenvalue weighted by Crippen LogP contribution is 2.33. The summed E-state index contributed by atoms with van der Waals surface area (Å²) in [5, 5.41) is 0. The molecule has 1 aliphatic rings. The van der Waals surface area contributed by atoms with Crippen molar-refractivity contribution in [2.45, 2.75) is 66.3 Å². The van der Waals surface area contributed by atoms with Gasteiger partial charge in [-0.1, -0.05) is 34.6 Å². The van der Waals surface area contributed by atoms with Crippen LogP contribution in [-0.4, -0.2) is 30.6 Å². The molecule has 1 fully saturated rings. The summed E-state index contributed by atoms with van der Waals surface area (Å²) in [6, 6.07) is 0.802. The standard InChI is InChI=1S/C16H34N2/c1-6-18(12-16(4,5)11-17)15-9-7-14(8-10-15)13(2)3/h13-15H,6-12,17H2,1-5H3. The van der Waals surface area contributed by atoms with Crippen molar-refractivity contribution >= 4 is 0 Å². The third-order valence-electron chi connectivity index (χ3n) is 4.79. The molecule has 0 aliphatic heterocycles. The Labute approximate surface area is 114 Å². The summed E-state index contributed by atoms with van der Waals surface area (Å²) in [6.45, 7) is 14.7. The van der Waals surface area contributed by atoms with Crippen molar-refractivity contribution in [3.8, 4) is 0 Å². The van der Waals surface area contributed by atoms with Crippen LogP contribution in [0.5, 0.6) is 0 Å². The predicted molar refractivity (Wildman–Crippen MR) is 80.7 cm³/mol. The molecule has 0 saturated heterocycles. The summed E-state index contributed by atoms with van der Waals surface area (Å²) in [7, 11) is 0. The number of nitrogens with zero attached hydrogens (tertiary/aromatic N) is 1. The summed E-state index contributed by atoms with van der Waals surface area (Å²) in [4.78, 5) is 2.67. The van der Waals surface area contributed by atoms with E-state index in [-0.39, 0.29) is 5.41 Å². The minimum Gasteiger partial charge on any atom is -0.330 e. The zero-order chi connectivity index (χ0) is 13.8. The Morgan fingerprint density at radius 2 is 1.72 bits per heavy atom. The van der Waals surface area contributed by atoms with Crippen molar-refractivity contribution in [3.63, 3.8) is 0 Å². The fourth-order valence-corrected chi connectivity index (χ4v) is 3.25. The predicted octanol–water partition coefficient (Wildman–Crippen LogP) is 3.51. The molecule has 0 radical (unpaired) electrons. The van der Waals surface area contributed by atoms with Crippen LogP contribution in [0.25, 0.3) is 0 Å². The molecule has 0 bridgehead atoms. The van der Waals surface area contributed by atoms with Gasteiger partial charge in [-0.25, -0.2) is 0 Å². The zero-order valence-electron chi connectivity index (χ0n) is 13.2. The van der Waals surface area contributed by atoms with Crippen molar-refractivity contribution < 1.29 is 0 Å². The van der Waals surface area contributed by atoms with Crippen LogP contribution in [0.4, 0.5) is 0 Å². The monoisotopic (exact) mass is 254 g/mol. The van der Waals surface area contributed by atoms with Crippen LogP contribution in [-0.2, 0) is 0 Å². The molecule has 2 nitrogen and oxygen atoms in total. The van der Waals surface area contributed by atoms with Gasteiger partial charge in [0.1, 0.15) is 0 Å². The van der Waals surface area contributed by atoms with E-state index >= 15 is 0 Å². The van der Waals surface area contributed by atoms with Gasteiger partial charge < -0.3 is 10.6 Å². The molecule has 1 aliphatic carbocycles. The molecule has 1 rings (SSSR count). The second kappa shape index (κ2) is 6.91. The van der Waals surface area contributed by atoms with E-state index in [9.17, 15) is 0 Å². The van der Waals surface area contributed by atoms with Gasteiger partial charge in [-0.3, -0.25) is 0 Å². The highest BCUT2D eigenvalue weighted by Gasteiger charge is 2.29. The van der Waals surface area contributed by atoms with Crippen LogP contribution in [0.15, 0.2) is 0 Å². The molecule has 18 heavy (non-hydrogen) atoms. The van der Waals surface area contributed by atoms with Crippen LogP contribution < -0.4 is 5.73 Å². The lowest BCUT2D eigenvalue weighted by atomic mass is 9.79. The molecule has 0 aromatic heterocycles. The quantitative estimate of drug-likeness (QED) is 0.786. The average Bonchev–Trinajstić information content (AvgIpc) is 2.36. The van der Waals surface area contributed by atoms with E-state index in [1.807, 2.05) is 0 Å². The highest BCUT2D eigenvalue weighted by molar-refractivity contribution is 4.84. The topological polar surface area (TPSA) is 29.3 Å². The fraction of sp³-hybridized carbons (Fsp3) is 1.00. The molecule has 1 saturated carbocycles. The molecule has 0 aromatic rings. The zero-order valence-corrected chi connectivity index (χ0v) is 13.2. The van der Waals surface area contributed by atoms with Crippen LogP contribution in [0.2, 0.25) is 0 Å². The van der Waals surface area contributed by atoms with Crippen molar-refractivity contribution in [1.82, 2.24) is 4.90 Å². The Bertz CT molecular complexity index is 227. The van der Waals surface area contributed by atoms with Gasteiger partial charge in [0.05, 0.1) is 0 Å². The van der Waals surface area contributed by atoms with Gasteiger partial charge in [-0.2, -0.15) is 0 Å². The van der Waals surface area contributed by atoms with Gasteiger partial charge in [0, 0.05) is 12.6 Å². The van der Waals surface area contributed by atoms with E-state index in [0.717, 1.165) is 31.0 Å². The first-order valence-electron chi connectivity index (χ1n) is 7.83. The van der Waals surface area contributed by atoms with Gasteiger partial charge >= 0.3 is 0 Å². The van der Waals surface area contributed by atoms with Gasteiger partial charge in [0.15, 0.2) is 0 Å². The molecule has 0 amide bonds. The lowest BCUT2D eigenvalue weighted by Gasteiger charge is -2.41. The van der Waals surface area contributed by atoms with Crippen LogP contribution in [0.1, 0.15) is 60.3 Å². The number of hydrogen-bond acceptors (Lipinski definition) is 2.